The number of aliphatic hydroxyl groups excluding tert-OH is 1. The van der Waals surface area contributed by atoms with E-state index >= 15 is 0 Å². The number of fused-ring (bicyclic) bond motifs is 1. The largest absolute Gasteiger partial charge is 0.388 e. The average molecular weight is 307 g/mol. The van der Waals surface area contributed by atoms with Crippen LogP contribution in [-0.4, -0.2) is 67.3 Å². The third-order valence-corrected chi connectivity index (χ3v) is 3.79. The van der Waals surface area contributed by atoms with Crippen molar-refractivity contribution in [1.29, 1.82) is 0 Å². The van der Waals surface area contributed by atoms with E-state index in [-0.39, 0.29) is 0 Å². The van der Waals surface area contributed by atoms with Crippen molar-refractivity contribution in [2.75, 3.05) is 47.1 Å². The average Bonchev–Trinajstić information content (AvgIpc) is 3.01. The van der Waals surface area contributed by atoms with Gasteiger partial charge in [0.25, 0.3) is 0 Å². The van der Waals surface area contributed by atoms with Crippen LogP contribution >= 0.6 is 0 Å². The number of ether oxygens (including phenoxy) is 2. The van der Waals surface area contributed by atoms with Crippen LogP contribution in [0.4, 0.5) is 0 Å². The first-order valence-corrected chi connectivity index (χ1v) is 7.56. The molecule has 0 amide bonds. The molecule has 0 saturated heterocycles. The van der Waals surface area contributed by atoms with Crippen molar-refractivity contribution in [3.8, 4) is 0 Å². The van der Waals surface area contributed by atoms with Crippen LogP contribution in [0.5, 0.6) is 0 Å². The molecule has 0 aliphatic rings. The molecular formula is C16H25N3O3. The number of aromatic nitrogens is 2. The molecule has 0 spiro atoms. The van der Waals surface area contributed by atoms with Gasteiger partial charge < -0.3 is 14.6 Å². The highest BCUT2D eigenvalue weighted by molar-refractivity contribution is 5.78. The molecule has 1 aromatic heterocycles. The number of hydrogen-bond donors (Lipinski definition) is 2. The van der Waals surface area contributed by atoms with Gasteiger partial charge in [0.15, 0.2) is 0 Å². The van der Waals surface area contributed by atoms with Crippen molar-refractivity contribution in [2.45, 2.75) is 12.5 Å². The SMILES string of the molecule is COCCN(CCOC)CCC(O)c1ccc2[nH]ncc2c1. The van der Waals surface area contributed by atoms with Crippen LogP contribution in [0.3, 0.4) is 0 Å². The van der Waals surface area contributed by atoms with Crippen molar-refractivity contribution in [2.24, 2.45) is 0 Å². The summed E-state index contributed by atoms with van der Waals surface area (Å²) in [6, 6.07) is 5.88. The first-order valence-electron chi connectivity index (χ1n) is 7.56. The lowest BCUT2D eigenvalue weighted by Gasteiger charge is -2.23. The fraction of sp³-hybridized carbons (Fsp3) is 0.562. The normalized spacial score (nSPS) is 13.1. The number of aromatic amines is 1. The maximum absolute atomic E-state index is 10.4. The van der Waals surface area contributed by atoms with E-state index < -0.39 is 6.10 Å². The van der Waals surface area contributed by atoms with Crippen LogP contribution in [0.15, 0.2) is 24.4 Å². The molecule has 1 unspecified atom stereocenters. The van der Waals surface area contributed by atoms with Crippen LogP contribution < -0.4 is 0 Å². The van der Waals surface area contributed by atoms with Crippen LogP contribution in [0.25, 0.3) is 10.9 Å². The van der Waals surface area contributed by atoms with Crippen LogP contribution in [0, 0.1) is 0 Å². The Balaban J connectivity index is 1.89. The Kier molecular flexibility index (Phi) is 6.79. The van der Waals surface area contributed by atoms with Gasteiger partial charge in [-0.15, -0.1) is 0 Å². The van der Waals surface area contributed by atoms with Crippen molar-refractivity contribution in [3.05, 3.63) is 30.0 Å². The third-order valence-electron chi connectivity index (χ3n) is 3.79. The van der Waals surface area contributed by atoms with E-state index in [1.165, 1.54) is 0 Å². The maximum atomic E-state index is 10.4. The lowest BCUT2D eigenvalue weighted by atomic mass is 10.0. The Morgan fingerprint density at radius 1 is 1.18 bits per heavy atom. The van der Waals surface area contributed by atoms with E-state index in [4.69, 9.17) is 9.47 Å². The molecule has 6 heteroatoms. The molecule has 0 bridgehead atoms. The summed E-state index contributed by atoms with van der Waals surface area (Å²) in [5.41, 5.74) is 1.91. The molecule has 0 aliphatic carbocycles. The van der Waals surface area contributed by atoms with E-state index in [1.54, 1.807) is 20.4 Å². The van der Waals surface area contributed by atoms with Gasteiger partial charge in [0, 0.05) is 39.2 Å². The van der Waals surface area contributed by atoms with Gasteiger partial charge in [0.1, 0.15) is 0 Å². The number of rotatable bonds is 10. The first-order chi connectivity index (χ1) is 10.7. The van der Waals surface area contributed by atoms with E-state index in [0.717, 1.165) is 36.1 Å². The Bertz CT molecular complexity index is 550. The highest BCUT2D eigenvalue weighted by Gasteiger charge is 2.12. The van der Waals surface area contributed by atoms with E-state index in [1.807, 2.05) is 18.2 Å². The predicted octanol–water partition coefficient (Wildman–Crippen LogP) is 1.58. The number of nitrogens with zero attached hydrogens (tertiary/aromatic N) is 2. The van der Waals surface area contributed by atoms with Gasteiger partial charge in [-0.2, -0.15) is 5.10 Å². The monoisotopic (exact) mass is 307 g/mol. The van der Waals surface area contributed by atoms with E-state index in [9.17, 15) is 5.11 Å². The summed E-state index contributed by atoms with van der Waals surface area (Å²) in [4.78, 5) is 2.24. The second-order valence-electron chi connectivity index (χ2n) is 5.35. The molecule has 22 heavy (non-hydrogen) atoms. The number of aliphatic hydroxyl groups is 1. The molecule has 0 saturated carbocycles. The summed E-state index contributed by atoms with van der Waals surface area (Å²) in [6.07, 6.45) is 1.97. The number of H-pyrrole nitrogens is 1. The summed E-state index contributed by atoms with van der Waals surface area (Å²) in [7, 11) is 3.40. The molecule has 2 aromatic rings. The van der Waals surface area contributed by atoms with Crippen molar-refractivity contribution >= 4 is 10.9 Å². The minimum atomic E-state index is -0.480. The van der Waals surface area contributed by atoms with Gasteiger partial charge in [-0.1, -0.05) is 6.07 Å². The molecular weight excluding hydrogens is 282 g/mol. The zero-order valence-corrected chi connectivity index (χ0v) is 13.3. The minimum Gasteiger partial charge on any atom is -0.388 e. The minimum absolute atomic E-state index is 0.480. The zero-order chi connectivity index (χ0) is 15.8. The third kappa shape index (κ3) is 4.78. The molecule has 1 heterocycles. The lowest BCUT2D eigenvalue weighted by molar-refractivity contribution is 0.0945. The molecule has 1 atom stereocenters. The fourth-order valence-corrected chi connectivity index (χ4v) is 2.42. The number of benzene rings is 1. The molecule has 0 aliphatic heterocycles. The molecule has 0 radical (unpaired) electrons. The van der Waals surface area contributed by atoms with Crippen LogP contribution in [-0.2, 0) is 9.47 Å². The molecule has 6 nitrogen and oxygen atoms in total. The summed E-state index contributed by atoms with van der Waals surface area (Å²) in [5, 5.41) is 18.3. The molecule has 1 aromatic carbocycles. The Morgan fingerprint density at radius 3 is 2.59 bits per heavy atom. The summed E-state index contributed by atoms with van der Waals surface area (Å²) < 4.78 is 10.3. The molecule has 2 rings (SSSR count). The number of methoxy groups -OCH3 is 2. The standard InChI is InChI=1S/C16H25N3O3/c1-21-9-7-19(8-10-22-2)6-5-16(20)13-3-4-15-14(11-13)12-17-18-15/h3-4,11-12,16,20H,5-10H2,1-2H3,(H,17,18). The fourth-order valence-electron chi connectivity index (χ4n) is 2.42. The van der Waals surface area contributed by atoms with Gasteiger partial charge in [0.05, 0.1) is 31.0 Å². The first kappa shape index (κ1) is 16.9. The quantitative estimate of drug-likeness (QED) is 0.697. The Hall–Kier alpha value is -1.47. The van der Waals surface area contributed by atoms with Gasteiger partial charge in [-0.3, -0.25) is 10.00 Å². The summed E-state index contributed by atoms with van der Waals surface area (Å²) in [6.45, 7) is 3.85. The van der Waals surface area contributed by atoms with Crippen molar-refractivity contribution < 1.29 is 14.6 Å². The van der Waals surface area contributed by atoms with Gasteiger partial charge >= 0.3 is 0 Å². The number of nitrogens with one attached hydrogen (secondary N) is 1. The summed E-state index contributed by atoms with van der Waals surface area (Å²) in [5.74, 6) is 0. The maximum Gasteiger partial charge on any atom is 0.0802 e. The molecule has 122 valence electrons. The van der Waals surface area contributed by atoms with Gasteiger partial charge in [-0.25, -0.2) is 0 Å². The van der Waals surface area contributed by atoms with Crippen LogP contribution in [0.1, 0.15) is 18.1 Å². The highest BCUT2D eigenvalue weighted by Crippen LogP contribution is 2.21. The van der Waals surface area contributed by atoms with Crippen LogP contribution in [0.2, 0.25) is 0 Å². The Morgan fingerprint density at radius 2 is 1.91 bits per heavy atom. The predicted molar refractivity (Wildman–Crippen MR) is 85.9 cm³/mol. The highest BCUT2D eigenvalue weighted by atomic mass is 16.5. The van der Waals surface area contributed by atoms with E-state index in [0.29, 0.717) is 19.6 Å². The van der Waals surface area contributed by atoms with Crippen molar-refractivity contribution in [3.63, 3.8) is 0 Å². The van der Waals surface area contributed by atoms with Gasteiger partial charge in [-0.05, 0) is 24.1 Å². The van der Waals surface area contributed by atoms with Gasteiger partial charge in [0.2, 0.25) is 0 Å². The molecule has 2 N–H and O–H groups in total. The van der Waals surface area contributed by atoms with E-state index in [2.05, 4.69) is 15.1 Å². The smallest absolute Gasteiger partial charge is 0.0802 e. The Labute approximate surface area is 131 Å². The molecule has 0 fully saturated rings. The zero-order valence-electron chi connectivity index (χ0n) is 13.3. The second kappa shape index (κ2) is 8.85. The second-order valence-corrected chi connectivity index (χ2v) is 5.35. The lowest BCUT2D eigenvalue weighted by Crippen LogP contribution is -2.32. The topological polar surface area (TPSA) is 70.6 Å². The number of hydrogen-bond acceptors (Lipinski definition) is 5. The summed E-state index contributed by atoms with van der Waals surface area (Å²) >= 11 is 0. The van der Waals surface area contributed by atoms with Crippen molar-refractivity contribution in [1.82, 2.24) is 15.1 Å².